The fraction of sp³-hybridized carbons (Fsp3) is 0.491. The average Bonchev–Trinajstić information content (AvgIpc) is 3.88. The number of carbonyl (C=O) groups excluding carboxylic acids is 2. The molecule has 0 bridgehead atoms. The van der Waals surface area contributed by atoms with Gasteiger partial charge >= 0.3 is 0 Å². The summed E-state index contributed by atoms with van der Waals surface area (Å²) in [5.74, 6) is 1.27. The molecule has 0 aliphatic carbocycles. The van der Waals surface area contributed by atoms with E-state index in [1.807, 2.05) is 55.3 Å². The van der Waals surface area contributed by atoms with E-state index in [4.69, 9.17) is 57.2 Å². The number of nitrogens with zero attached hydrogens (tertiary/aromatic N) is 5. The first-order valence-corrected chi connectivity index (χ1v) is 24.2. The normalized spacial score (nSPS) is 17.1. The van der Waals surface area contributed by atoms with Crippen LogP contribution in [0.15, 0.2) is 81.9 Å². The van der Waals surface area contributed by atoms with E-state index in [2.05, 4.69) is 23.3 Å². The van der Waals surface area contributed by atoms with E-state index in [1.54, 1.807) is 36.6 Å². The zero-order chi connectivity index (χ0) is 49.8. The Hall–Kier alpha value is -5.99. The number of oxime groups is 1. The number of rotatable bonds is 31. The summed E-state index contributed by atoms with van der Waals surface area (Å²) in [6, 6.07) is 12.7. The van der Waals surface area contributed by atoms with Gasteiger partial charge in [-0.3, -0.25) is 19.6 Å². The SMILES string of the molecule is C=C1C[C@H]2C=Nc3cc(OCc4cc(/C=N/OCCOCCOCCOCCOCCOCCOCCOCC)cc(COc5cc6c(cc5OC)C(=O)N5CC(=C)C[C@H]5C=N6)c4)c(C)cc3C(=O)N2C1. The molecule has 4 aliphatic heterocycles. The van der Waals surface area contributed by atoms with Crippen LogP contribution in [0.4, 0.5) is 11.4 Å². The van der Waals surface area contributed by atoms with Gasteiger partial charge in [0.1, 0.15) is 25.6 Å². The minimum absolute atomic E-state index is 0.0627. The van der Waals surface area contributed by atoms with Gasteiger partial charge in [-0.05, 0) is 79.3 Å². The zero-order valence-corrected chi connectivity index (χ0v) is 41.2. The van der Waals surface area contributed by atoms with Crippen LogP contribution in [-0.4, -0.2) is 172 Å². The van der Waals surface area contributed by atoms with E-state index in [9.17, 15) is 9.59 Å². The summed E-state index contributed by atoms with van der Waals surface area (Å²) >= 11 is 0. The first kappa shape index (κ1) is 52.8. The van der Waals surface area contributed by atoms with Gasteiger partial charge in [-0.15, -0.1) is 0 Å². The van der Waals surface area contributed by atoms with Gasteiger partial charge in [-0.1, -0.05) is 29.5 Å². The molecule has 7 rings (SSSR count). The molecule has 3 aromatic rings. The molecule has 2 fully saturated rings. The summed E-state index contributed by atoms with van der Waals surface area (Å²) in [5, 5.41) is 4.21. The third-order valence-electron chi connectivity index (χ3n) is 11.8. The van der Waals surface area contributed by atoms with Crippen molar-refractivity contribution in [2.75, 3.05) is 119 Å². The molecule has 2 amide bonds. The van der Waals surface area contributed by atoms with Crippen molar-refractivity contribution in [3.8, 4) is 17.2 Å². The first-order valence-electron chi connectivity index (χ1n) is 24.2. The van der Waals surface area contributed by atoms with Gasteiger partial charge in [-0.25, -0.2) is 0 Å². The molecule has 3 aromatic carbocycles. The third kappa shape index (κ3) is 15.5. The Bertz CT molecular complexity index is 2390. The summed E-state index contributed by atoms with van der Waals surface area (Å²) in [7, 11) is 1.54. The van der Waals surface area contributed by atoms with E-state index in [0.717, 1.165) is 33.4 Å². The molecule has 0 saturated carbocycles. The highest BCUT2D eigenvalue weighted by Gasteiger charge is 2.35. The average molecular weight is 982 g/mol. The number of hydrogen-bond acceptors (Lipinski definition) is 16. The van der Waals surface area contributed by atoms with Crippen molar-refractivity contribution < 1.29 is 61.8 Å². The molecule has 18 heteroatoms. The highest BCUT2D eigenvalue weighted by Crippen LogP contribution is 2.39. The van der Waals surface area contributed by atoms with Crippen LogP contribution < -0.4 is 14.2 Å². The van der Waals surface area contributed by atoms with Gasteiger partial charge in [0.05, 0.1) is 134 Å². The third-order valence-corrected chi connectivity index (χ3v) is 11.8. The van der Waals surface area contributed by atoms with E-state index in [0.29, 0.717) is 158 Å². The van der Waals surface area contributed by atoms with Crippen LogP contribution in [0.3, 0.4) is 0 Å². The number of fused-ring (bicyclic) bond motifs is 4. The summed E-state index contributed by atoms with van der Waals surface area (Å²) in [6.07, 6.45) is 6.63. The summed E-state index contributed by atoms with van der Waals surface area (Å²) < 4.78 is 56.9. The highest BCUT2D eigenvalue weighted by atomic mass is 16.6. The second kappa shape index (κ2) is 27.6. The Morgan fingerprint density at radius 2 is 1.04 bits per heavy atom. The maximum absolute atomic E-state index is 13.6. The van der Waals surface area contributed by atoms with Crippen molar-refractivity contribution >= 4 is 41.8 Å². The number of carbonyl (C=O) groups is 2. The summed E-state index contributed by atoms with van der Waals surface area (Å²) in [4.78, 5) is 45.6. The van der Waals surface area contributed by atoms with Crippen LogP contribution in [0, 0.1) is 6.92 Å². The first-order chi connectivity index (χ1) is 34.7. The van der Waals surface area contributed by atoms with Crippen molar-refractivity contribution in [1.82, 2.24) is 9.80 Å². The second-order valence-corrected chi connectivity index (χ2v) is 17.2. The fourth-order valence-corrected chi connectivity index (χ4v) is 8.29. The molecule has 18 nitrogen and oxygen atoms in total. The van der Waals surface area contributed by atoms with Gasteiger partial charge in [0, 0.05) is 44.3 Å². The van der Waals surface area contributed by atoms with Crippen molar-refractivity contribution in [1.29, 1.82) is 0 Å². The lowest BCUT2D eigenvalue weighted by molar-refractivity contribution is -0.0227. The van der Waals surface area contributed by atoms with Crippen LogP contribution in [0.1, 0.15) is 62.7 Å². The monoisotopic (exact) mass is 981 g/mol. The Balaban J connectivity index is 0.880. The smallest absolute Gasteiger partial charge is 0.257 e. The minimum Gasteiger partial charge on any atom is -0.493 e. The molecule has 382 valence electrons. The fourth-order valence-electron chi connectivity index (χ4n) is 8.29. The molecule has 0 aromatic heterocycles. The number of aryl methyl sites for hydroxylation is 1. The van der Waals surface area contributed by atoms with Crippen LogP contribution in [-0.2, 0) is 51.2 Å². The molecule has 0 radical (unpaired) electrons. The Morgan fingerprint density at radius 1 is 0.592 bits per heavy atom. The van der Waals surface area contributed by atoms with Crippen molar-refractivity contribution in [3.63, 3.8) is 0 Å². The van der Waals surface area contributed by atoms with Gasteiger partial charge in [-0.2, -0.15) is 0 Å². The maximum atomic E-state index is 13.6. The van der Waals surface area contributed by atoms with Crippen LogP contribution in [0.25, 0.3) is 0 Å². The van der Waals surface area contributed by atoms with Crippen molar-refractivity contribution in [2.24, 2.45) is 15.1 Å². The molecule has 2 atom stereocenters. The Morgan fingerprint density at radius 3 is 1.54 bits per heavy atom. The maximum Gasteiger partial charge on any atom is 0.257 e. The van der Waals surface area contributed by atoms with E-state index >= 15 is 0 Å². The quantitative estimate of drug-likeness (QED) is 0.0291. The molecule has 0 N–H and O–H groups in total. The topological polar surface area (TPSA) is 179 Å². The lowest BCUT2D eigenvalue weighted by atomic mass is 10.1. The van der Waals surface area contributed by atoms with Crippen LogP contribution in [0.2, 0.25) is 0 Å². The van der Waals surface area contributed by atoms with Gasteiger partial charge in [0.2, 0.25) is 0 Å². The number of benzene rings is 3. The second-order valence-electron chi connectivity index (χ2n) is 17.2. The molecule has 0 unspecified atom stereocenters. The molecule has 0 spiro atoms. The lowest BCUT2D eigenvalue weighted by Gasteiger charge is -2.20. The van der Waals surface area contributed by atoms with Crippen molar-refractivity contribution in [2.45, 2.75) is 52.0 Å². The predicted octanol–water partition coefficient (Wildman–Crippen LogP) is 6.62. The highest BCUT2D eigenvalue weighted by molar-refractivity contribution is 6.04. The van der Waals surface area contributed by atoms with Crippen molar-refractivity contribution in [3.05, 3.63) is 100 Å². The molecule has 4 heterocycles. The Kier molecular flexibility index (Phi) is 20.5. The molecular formula is C53H67N5O13. The van der Waals surface area contributed by atoms with Gasteiger partial charge in [0.15, 0.2) is 11.5 Å². The van der Waals surface area contributed by atoms with Crippen LogP contribution >= 0.6 is 0 Å². The summed E-state index contributed by atoms with van der Waals surface area (Å²) in [6.45, 7) is 20.5. The Labute approximate surface area is 416 Å². The number of methoxy groups -OCH3 is 1. The van der Waals surface area contributed by atoms with E-state index in [1.165, 1.54) is 0 Å². The van der Waals surface area contributed by atoms with E-state index in [-0.39, 0.29) is 43.7 Å². The largest absolute Gasteiger partial charge is 0.493 e. The number of hydrogen-bond donors (Lipinski definition) is 0. The van der Waals surface area contributed by atoms with E-state index < -0.39 is 0 Å². The van der Waals surface area contributed by atoms with Crippen LogP contribution in [0.5, 0.6) is 17.2 Å². The molecule has 71 heavy (non-hydrogen) atoms. The zero-order valence-electron chi connectivity index (χ0n) is 41.2. The number of aliphatic imine (C=N–C) groups is 2. The number of ether oxygens (including phenoxy) is 10. The lowest BCUT2D eigenvalue weighted by Crippen LogP contribution is -2.35. The van der Waals surface area contributed by atoms with Gasteiger partial charge < -0.3 is 62.0 Å². The standard InChI is InChI=1S/C53H67N5O13/c1-6-62-7-8-63-9-10-64-11-12-65-13-14-66-15-16-67-17-18-68-19-20-71-56-30-40-24-41(35-69-49-28-47-45(23-39(49)4)52(59)57-33-37(2)21-43(57)31-54-47)26-42(25-40)36-70-51-29-48-46(27-50(51)61-5)53(60)58-34-38(3)22-44(58)32-55-48/h23-32,43-44H,2-3,6-22,33-36H2,1,4-5H3/b56-30+/t43-,44-/m0/s1. The summed E-state index contributed by atoms with van der Waals surface area (Å²) in [5.41, 5.74) is 7.28. The molecule has 2 saturated heterocycles. The molecule has 4 aliphatic rings. The predicted molar refractivity (Wildman–Crippen MR) is 268 cm³/mol. The minimum atomic E-state index is -0.137. The number of amides is 2. The van der Waals surface area contributed by atoms with Gasteiger partial charge in [0.25, 0.3) is 11.8 Å². The molecular weight excluding hydrogens is 915 g/mol.